The lowest BCUT2D eigenvalue weighted by Gasteiger charge is -2.42. The first-order valence-corrected chi connectivity index (χ1v) is 11.5. The minimum absolute atomic E-state index is 0.468. The molecular weight excluding hydrogens is 392 g/mol. The number of ether oxygens (including phenoxy) is 2. The fourth-order valence-corrected chi connectivity index (χ4v) is 5.12. The maximum atomic E-state index is 6.20. The predicted molar refractivity (Wildman–Crippen MR) is 119 cm³/mol. The summed E-state index contributed by atoms with van der Waals surface area (Å²) >= 11 is 0. The number of piperidine rings is 1. The van der Waals surface area contributed by atoms with E-state index in [1.807, 2.05) is 0 Å². The van der Waals surface area contributed by atoms with E-state index in [1.54, 1.807) is 6.33 Å². The second kappa shape index (κ2) is 8.26. The molecule has 164 valence electrons. The normalized spacial score (nSPS) is 22.5. The Labute approximate surface area is 182 Å². The Balaban J connectivity index is 1.21. The summed E-state index contributed by atoms with van der Waals surface area (Å²) in [4.78, 5) is 14.0. The third-order valence-electron chi connectivity index (χ3n) is 7.14. The molecule has 3 fully saturated rings. The summed E-state index contributed by atoms with van der Waals surface area (Å²) < 4.78 is 11.7. The van der Waals surface area contributed by atoms with Crippen LogP contribution in [-0.4, -0.2) is 73.4 Å². The molecule has 0 aliphatic carbocycles. The quantitative estimate of drug-likeness (QED) is 0.779. The van der Waals surface area contributed by atoms with Crippen molar-refractivity contribution in [2.75, 3.05) is 62.7 Å². The van der Waals surface area contributed by atoms with Gasteiger partial charge in [0.2, 0.25) is 0 Å². The summed E-state index contributed by atoms with van der Waals surface area (Å²) in [5.74, 6) is 3.28. The highest BCUT2D eigenvalue weighted by molar-refractivity contribution is 5.71. The van der Waals surface area contributed by atoms with Crippen molar-refractivity contribution < 1.29 is 9.47 Å². The highest BCUT2D eigenvalue weighted by atomic mass is 16.5. The van der Waals surface area contributed by atoms with Crippen molar-refractivity contribution in [1.29, 1.82) is 0 Å². The van der Waals surface area contributed by atoms with Gasteiger partial charge in [-0.2, -0.15) is 0 Å². The molecule has 31 heavy (non-hydrogen) atoms. The van der Waals surface area contributed by atoms with Gasteiger partial charge in [0.05, 0.1) is 24.5 Å². The van der Waals surface area contributed by atoms with Crippen LogP contribution in [0.5, 0.6) is 5.75 Å². The molecule has 0 spiro atoms. The number of likely N-dealkylation sites (tertiary alicyclic amines) is 1. The first kappa shape index (κ1) is 19.3. The van der Waals surface area contributed by atoms with Crippen LogP contribution in [-0.2, 0) is 11.3 Å². The number of nitrogens with zero attached hydrogens (tertiary/aromatic N) is 4. The van der Waals surface area contributed by atoms with Crippen LogP contribution in [0, 0.1) is 0 Å². The Bertz CT molecular complexity index is 936. The van der Waals surface area contributed by atoms with Crippen LogP contribution in [0.4, 0.5) is 17.3 Å². The van der Waals surface area contributed by atoms with Crippen LogP contribution in [0.15, 0.2) is 24.5 Å². The van der Waals surface area contributed by atoms with Crippen molar-refractivity contribution in [1.82, 2.24) is 20.2 Å². The molecule has 4 aliphatic rings. The van der Waals surface area contributed by atoms with Gasteiger partial charge >= 0.3 is 0 Å². The summed E-state index contributed by atoms with van der Waals surface area (Å²) in [5, 5.41) is 6.95. The second-order valence-corrected chi connectivity index (χ2v) is 8.92. The Morgan fingerprint density at radius 2 is 1.84 bits per heavy atom. The van der Waals surface area contributed by atoms with Gasteiger partial charge in [0, 0.05) is 32.2 Å². The van der Waals surface area contributed by atoms with E-state index in [-0.39, 0.29) is 0 Å². The average molecular weight is 423 g/mol. The van der Waals surface area contributed by atoms with Crippen LogP contribution < -0.4 is 20.3 Å². The van der Waals surface area contributed by atoms with E-state index in [9.17, 15) is 0 Å². The van der Waals surface area contributed by atoms with Gasteiger partial charge in [-0.25, -0.2) is 9.97 Å². The lowest BCUT2D eigenvalue weighted by atomic mass is 9.88. The molecule has 2 aromatic rings. The minimum Gasteiger partial charge on any atom is -0.486 e. The maximum absolute atomic E-state index is 6.20. The van der Waals surface area contributed by atoms with Gasteiger partial charge in [0.25, 0.3) is 0 Å². The maximum Gasteiger partial charge on any atom is 0.143 e. The van der Waals surface area contributed by atoms with Gasteiger partial charge in [0.15, 0.2) is 0 Å². The fourth-order valence-electron chi connectivity index (χ4n) is 5.12. The smallest absolute Gasteiger partial charge is 0.143 e. The third kappa shape index (κ3) is 3.73. The molecule has 3 saturated heterocycles. The summed E-state index contributed by atoms with van der Waals surface area (Å²) in [5.41, 5.74) is 3.42. The lowest BCUT2D eigenvalue weighted by molar-refractivity contribution is 0.113. The number of fused-ring (bicyclic) bond motifs is 2. The van der Waals surface area contributed by atoms with E-state index in [0.29, 0.717) is 12.5 Å². The zero-order chi connectivity index (χ0) is 20.6. The van der Waals surface area contributed by atoms with Gasteiger partial charge in [-0.3, -0.25) is 4.90 Å². The largest absolute Gasteiger partial charge is 0.486 e. The molecule has 4 aliphatic heterocycles. The summed E-state index contributed by atoms with van der Waals surface area (Å²) in [6, 6.07) is 7.38. The van der Waals surface area contributed by atoms with Crippen molar-refractivity contribution in [3.05, 3.63) is 35.7 Å². The van der Waals surface area contributed by atoms with Crippen molar-refractivity contribution in [3.8, 4) is 5.75 Å². The summed E-state index contributed by atoms with van der Waals surface area (Å²) in [6.45, 7) is 8.30. The van der Waals surface area contributed by atoms with E-state index >= 15 is 0 Å². The van der Waals surface area contributed by atoms with E-state index in [1.165, 1.54) is 31.5 Å². The van der Waals surface area contributed by atoms with E-state index in [2.05, 4.69) is 48.6 Å². The van der Waals surface area contributed by atoms with Crippen molar-refractivity contribution >= 4 is 17.3 Å². The highest BCUT2D eigenvalue weighted by Gasteiger charge is 2.30. The van der Waals surface area contributed by atoms with Crippen molar-refractivity contribution in [2.45, 2.75) is 31.4 Å². The number of anilines is 3. The van der Waals surface area contributed by atoms with E-state index < -0.39 is 0 Å². The molecule has 1 aromatic heterocycles. The molecule has 2 N–H and O–H groups in total. The average Bonchev–Trinajstić information content (AvgIpc) is 2.97. The molecule has 6 rings (SSSR count). The highest BCUT2D eigenvalue weighted by Crippen LogP contribution is 2.39. The molecule has 1 aromatic carbocycles. The molecular formula is C23H30N6O2. The number of hydrogen-bond acceptors (Lipinski definition) is 8. The Morgan fingerprint density at radius 1 is 1.00 bits per heavy atom. The molecule has 0 unspecified atom stereocenters. The molecule has 0 radical (unpaired) electrons. The molecule has 0 atom stereocenters. The zero-order valence-corrected chi connectivity index (χ0v) is 17.8. The topological polar surface area (TPSA) is 74.8 Å². The van der Waals surface area contributed by atoms with Crippen LogP contribution in [0.3, 0.4) is 0 Å². The molecule has 5 heterocycles. The Morgan fingerprint density at radius 3 is 2.61 bits per heavy atom. The number of hydrogen-bond donors (Lipinski definition) is 2. The minimum atomic E-state index is 0.468. The van der Waals surface area contributed by atoms with E-state index in [0.717, 1.165) is 74.1 Å². The van der Waals surface area contributed by atoms with Crippen LogP contribution in [0.2, 0.25) is 0 Å². The summed E-state index contributed by atoms with van der Waals surface area (Å²) in [6.07, 6.45) is 4.09. The first-order valence-electron chi connectivity index (χ1n) is 11.5. The van der Waals surface area contributed by atoms with Gasteiger partial charge in [-0.15, -0.1) is 0 Å². The van der Waals surface area contributed by atoms with E-state index in [4.69, 9.17) is 9.47 Å². The summed E-state index contributed by atoms with van der Waals surface area (Å²) in [7, 11) is 0. The Kier molecular flexibility index (Phi) is 5.13. The van der Waals surface area contributed by atoms with Crippen molar-refractivity contribution in [2.24, 2.45) is 0 Å². The number of morpholine rings is 1. The van der Waals surface area contributed by atoms with Gasteiger partial charge in [-0.1, -0.05) is 6.07 Å². The second-order valence-electron chi connectivity index (χ2n) is 8.92. The van der Waals surface area contributed by atoms with Crippen molar-refractivity contribution in [3.63, 3.8) is 0 Å². The zero-order valence-electron chi connectivity index (χ0n) is 17.8. The molecule has 0 amide bonds. The number of rotatable bonds is 3. The van der Waals surface area contributed by atoms with Gasteiger partial charge in [-0.05, 0) is 49.5 Å². The van der Waals surface area contributed by atoms with Gasteiger partial charge < -0.3 is 25.0 Å². The predicted octanol–water partition coefficient (Wildman–Crippen LogP) is 2.10. The van der Waals surface area contributed by atoms with Crippen LogP contribution in [0.25, 0.3) is 0 Å². The van der Waals surface area contributed by atoms with Gasteiger partial charge in [0.1, 0.15) is 30.3 Å². The molecule has 8 nitrogen and oxygen atoms in total. The molecule has 8 heteroatoms. The van der Waals surface area contributed by atoms with Crippen LogP contribution in [0.1, 0.15) is 29.9 Å². The number of nitrogens with one attached hydrogen (secondary N) is 2. The Hall–Kier alpha value is -2.42. The molecule has 0 bridgehead atoms. The SMILES string of the molecule is c1nc2c(c(N3CCOCC3)n1)COc1ccc(C3CCN(C4CNC4)CC3)cc1N2. The third-order valence-corrected chi connectivity index (χ3v) is 7.14. The fraction of sp³-hybridized carbons (Fsp3) is 0.565. The van der Waals surface area contributed by atoms with Crippen LogP contribution >= 0.6 is 0 Å². The first-order chi connectivity index (χ1) is 15.3. The number of aromatic nitrogens is 2. The number of benzene rings is 1. The monoisotopic (exact) mass is 422 g/mol. The molecule has 0 saturated carbocycles. The standard InChI is InChI=1S/C23H30N6O2/c1-2-21-20(11-17(1)16-3-5-28(6-4-16)18-12-24-13-18)27-22-19(14-31-21)23(26-15-25-22)29-7-9-30-10-8-29/h1-2,11,15-16,18,24H,3-10,12-14H2,(H,25,26,27). The lowest BCUT2D eigenvalue weighted by Crippen LogP contribution is -2.58.